The van der Waals surface area contributed by atoms with Crippen LogP contribution in [0.5, 0.6) is 0 Å². The fourth-order valence-corrected chi connectivity index (χ4v) is 7.51. The van der Waals surface area contributed by atoms with Crippen molar-refractivity contribution in [3.05, 3.63) is 77.5 Å². The number of nitrogens with zero attached hydrogens (tertiary/aromatic N) is 3. The molecule has 3 heterocycles. The Bertz CT molecular complexity index is 1250. The molecule has 1 aliphatic heterocycles. The summed E-state index contributed by atoms with van der Waals surface area (Å²) >= 11 is 3.32. The van der Waals surface area contributed by atoms with Gasteiger partial charge in [-0.05, 0) is 57.4 Å². The van der Waals surface area contributed by atoms with E-state index in [1.54, 1.807) is 66.1 Å². The molecule has 2 aromatic heterocycles. The van der Waals surface area contributed by atoms with Crippen molar-refractivity contribution in [2.24, 2.45) is 0 Å². The van der Waals surface area contributed by atoms with Crippen molar-refractivity contribution in [3.8, 4) is 0 Å². The molecule has 1 fully saturated rings. The molecule has 188 valence electrons. The van der Waals surface area contributed by atoms with Gasteiger partial charge in [-0.1, -0.05) is 17.7 Å². The lowest BCUT2D eigenvalue weighted by Gasteiger charge is -2.35. The van der Waals surface area contributed by atoms with E-state index in [2.05, 4.69) is 4.90 Å². The number of benzene rings is 1. The van der Waals surface area contributed by atoms with E-state index in [0.717, 1.165) is 35.1 Å². The molecular weight excluding hydrogens is 502 g/mol. The minimum absolute atomic E-state index is 0.0566. The van der Waals surface area contributed by atoms with Crippen molar-refractivity contribution in [3.63, 3.8) is 0 Å². The normalized spacial score (nSPS) is 16.9. The monoisotopic (exact) mass is 533 g/mol. The molecule has 7 nitrogen and oxygen atoms in total. The Balaban J connectivity index is 1.45. The lowest BCUT2D eigenvalue weighted by Crippen LogP contribution is -2.40. The smallest absolute Gasteiger partial charge is 0.267 e. The second-order valence-electron chi connectivity index (χ2n) is 8.77. The molecule has 1 atom stereocenters. The van der Waals surface area contributed by atoms with E-state index in [1.165, 1.54) is 3.97 Å². The average Bonchev–Trinajstić information content (AvgIpc) is 3.47. The molecule has 1 aliphatic rings. The summed E-state index contributed by atoms with van der Waals surface area (Å²) < 4.78 is 33.9. The number of carbonyl (C=O) groups is 1. The van der Waals surface area contributed by atoms with Crippen LogP contribution in [0.1, 0.15) is 34.6 Å². The molecule has 1 unspecified atom stereocenters. The number of rotatable bonds is 10. The zero-order valence-electron chi connectivity index (χ0n) is 20.2. The van der Waals surface area contributed by atoms with E-state index in [-0.39, 0.29) is 16.2 Å². The third-order valence-corrected chi connectivity index (χ3v) is 9.61. The van der Waals surface area contributed by atoms with Gasteiger partial charge in [0.1, 0.15) is 16.9 Å². The Hall–Kier alpha value is -2.14. The summed E-state index contributed by atoms with van der Waals surface area (Å²) in [5, 5.41) is -0.345. The SMILES string of the molecule is Cc1ccc(S(=O)(=O)n2cccc2C2SCCC(=O)N2CCSCc2ccc(CN(C)C)o2)cc1. The van der Waals surface area contributed by atoms with Gasteiger partial charge in [0.25, 0.3) is 10.0 Å². The molecule has 0 aliphatic carbocycles. The number of furan rings is 1. The van der Waals surface area contributed by atoms with Crippen molar-refractivity contribution in [2.45, 2.75) is 35.9 Å². The van der Waals surface area contributed by atoms with E-state index in [1.807, 2.05) is 38.1 Å². The summed E-state index contributed by atoms with van der Waals surface area (Å²) in [6.45, 7) is 3.23. The van der Waals surface area contributed by atoms with Crippen LogP contribution >= 0.6 is 23.5 Å². The summed E-state index contributed by atoms with van der Waals surface area (Å²) in [5.74, 6) is 4.04. The molecule has 1 saturated heterocycles. The summed E-state index contributed by atoms with van der Waals surface area (Å²) in [6, 6.07) is 14.4. The van der Waals surface area contributed by atoms with Crippen molar-refractivity contribution in [2.75, 3.05) is 32.1 Å². The van der Waals surface area contributed by atoms with Crippen molar-refractivity contribution >= 4 is 39.5 Å². The lowest BCUT2D eigenvalue weighted by atomic mass is 10.2. The van der Waals surface area contributed by atoms with Gasteiger partial charge in [-0.25, -0.2) is 12.4 Å². The van der Waals surface area contributed by atoms with E-state index in [4.69, 9.17) is 4.42 Å². The maximum Gasteiger partial charge on any atom is 0.267 e. The zero-order valence-corrected chi connectivity index (χ0v) is 22.7. The highest BCUT2D eigenvalue weighted by molar-refractivity contribution is 7.99. The van der Waals surface area contributed by atoms with Crippen molar-refractivity contribution in [1.29, 1.82) is 0 Å². The zero-order chi connectivity index (χ0) is 25.0. The molecule has 3 aromatic rings. The van der Waals surface area contributed by atoms with Gasteiger partial charge in [-0.3, -0.25) is 4.79 Å². The van der Waals surface area contributed by atoms with E-state index >= 15 is 0 Å². The minimum Gasteiger partial charge on any atom is -0.464 e. The van der Waals surface area contributed by atoms with Gasteiger partial charge in [-0.15, -0.1) is 11.8 Å². The molecule has 0 radical (unpaired) electrons. The van der Waals surface area contributed by atoms with E-state index in [0.29, 0.717) is 24.4 Å². The van der Waals surface area contributed by atoms with Crippen LogP contribution in [0.2, 0.25) is 0 Å². The number of aryl methyl sites for hydroxylation is 1. The summed E-state index contributed by atoms with van der Waals surface area (Å²) in [5.41, 5.74) is 1.60. The Morgan fingerprint density at radius 2 is 1.86 bits per heavy atom. The van der Waals surface area contributed by atoms with Crippen LogP contribution in [0.3, 0.4) is 0 Å². The largest absolute Gasteiger partial charge is 0.464 e. The van der Waals surface area contributed by atoms with E-state index in [9.17, 15) is 13.2 Å². The van der Waals surface area contributed by atoms with E-state index < -0.39 is 10.0 Å². The van der Waals surface area contributed by atoms with Crippen molar-refractivity contribution in [1.82, 2.24) is 13.8 Å². The van der Waals surface area contributed by atoms with Gasteiger partial charge in [0.2, 0.25) is 5.91 Å². The van der Waals surface area contributed by atoms with Gasteiger partial charge >= 0.3 is 0 Å². The van der Waals surface area contributed by atoms with Crippen LogP contribution in [0.25, 0.3) is 0 Å². The van der Waals surface area contributed by atoms with Crippen LogP contribution < -0.4 is 0 Å². The summed E-state index contributed by atoms with van der Waals surface area (Å²) in [6.07, 6.45) is 2.03. The van der Waals surface area contributed by atoms with Gasteiger partial charge in [0, 0.05) is 30.7 Å². The van der Waals surface area contributed by atoms with Crippen LogP contribution in [0.15, 0.2) is 64.0 Å². The maximum atomic E-state index is 13.4. The first-order chi connectivity index (χ1) is 16.8. The molecule has 35 heavy (non-hydrogen) atoms. The molecule has 0 spiro atoms. The molecule has 1 amide bonds. The summed E-state index contributed by atoms with van der Waals surface area (Å²) in [4.78, 5) is 17.0. The lowest BCUT2D eigenvalue weighted by molar-refractivity contribution is -0.131. The predicted octanol–water partition coefficient (Wildman–Crippen LogP) is 4.59. The molecule has 4 rings (SSSR count). The Labute approximate surface area is 215 Å². The number of carbonyl (C=O) groups excluding carboxylic acids is 1. The second-order valence-corrected chi connectivity index (χ2v) is 12.9. The minimum atomic E-state index is -3.76. The van der Waals surface area contributed by atoms with Gasteiger partial charge in [0.15, 0.2) is 0 Å². The fraction of sp³-hybridized carbons (Fsp3) is 0.400. The second kappa shape index (κ2) is 11.3. The highest BCUT2D eigenvalue weighted by atomic mass is 32.2. The van der Waals surface area contributed by atoms with Crippen LogP contribution in [-0.2, 0) is 27.1 Å². The molecule has 0 saturated carbocycles. The number of hydrogen-bond acceptors (Lipinski definition) is 7. The van der Waals surface area contributed by atoms with Gasteiger partial charge in [0.05, 0.1) is 22.9 Å². The number of hydrogen-bond donors (Lipinski definition) is 0. The fourth-order valence-electron chi connectivity index (χ4n) is 3.95. The standard InChI is InChI=1S/C25H31N3O4S3/c1-19-6-10-22(11-7-19)35(30,31)28-13-4-5-23(28)25-27(24(29)12-15-34-25)14-16-33-18-21-9-8-20(32-21)17-26(2)3/h4-11,13,25H,12,14-18H2,1-3H3. The highest BCUT2D eigenvalue weighted by Gasteiger charge is 2.33. The predicted molar refractivity (Wildman–Crippen MR) is 142 cm³/mol. The Kier molecular flexibility index (Phi) is 8.36. The first kappa shape index (κ1) is 25.9. The molecular formula is C25H31N3O4S3. The maximum absolute atomic E-state index is 13.4. The Morgan fingerprint density at radius 1 is 1.11 bits per heavy atom. The molecule has 0 N–H and O–H groups in total. The van der Waals surface area contributed by atoms with Gasteiger partial charge < -0.3 is 14.2 Å². The summed E-state index contributed by atoms with van der Waals surface area (Å²) in [7, 11) is 0.250. The quantitative estimate of drug-likeness (QED) is 0.353. The van der Waals surface area contributed by atoms with Gasteiger partial charge in [-0.2, -0.15) is 11.8 Å². The number of amides is 1. The first-order valence-electron chi connectivity index (χ1n) is 11.5. The topological polar surface area (TPSA) is 75.8 Å². The molecule has 10 heteroatoms. The van der Waals surface area contributed by atoms with Crippen LogP contribution in [0.4, 0.5) is 0 Å². The average molecular weight is 534 g/mol. The molecule has 1 aromatic carbocycles. The molecule has 0 bridgehead atoms. The number of thioether (sulfide) groups is 2. The number of aromatic nitrogens is 1. The third-order valence-electron chi connectivity index (χ3n) is 5.68. The third kappa shape index (κ3) is 6.17. The van der Waals surface area contributed by atoms with Crippen molar-refractivity contribution < 1.29 is 17.6 Å². The first-order valence-corrected chi connectivity index (χ1v) is 15.1. The Morgan fingerprint density at radius 3 is 2.60 bits per heavy atom. The highest BCUT2D eigenvalue weighted by Crippen LogP contribution is 2.38. The van der Waals surface area contributed by atoms with Crippen LogP contribution in [0, 0.1) is 6.92 Å². The van der Waals surface area contributed by atoms with Crippen LogP contribution in [-0.4, -0.2) is 60.2 Å².